The lowest BCUT2D eigenvalue weighted by molar-refractivity contribution is -0.117. The van der Waals surface area contributed by atoms with Crippen molar-refractivity contribution >= 4 is 23.2 Å². The molecule has 0 saturated heterocycles. The molecule has 0 bridgehead atoms. The average molecular weight is 239 g/mol. The van der Waals surface area contributed by atoms with Crippen LogP contribution in [0.15, 0.2) is 18.2 Å². The molecule has 2 unspecified atom stereocenters. The average Bonchev–Trinajstić information content (AvgIpc) is 2.55. The van der Waals surface area contributed by atoms with Gasteiger partial charge >= 0.3 is 0 Å². The lowest BCUT2D eigenvalue weighted by atomic mass is 10.1. The van der Waals surface area contributed by atoms with Gasteiger partial charge in [-0.25, -0.2) is 0 Å². The standard InChI is InChI=1S/C12H15ClN2O/c1-3-7(2)14-11-9-6-8(13)4-5-10(9)15-12(11)16/h4-7,11,14H,3H2,1-2H3,(H,15,16). The van der Waals surface area contributed by atoms with Gasteiger partial charge in [0.05, 0.1) is 0 Å². The topological polar surface area (TPSA) is 41.1 Å². The number of halogens is 1. The summed E-state index contributed by atoms with van der Waals surface area (Å²) in [7, 11) is 0. The molecule has 16 heavy (non-hydrogen) atoms. The molecular weight excluding hydrogens is 224 g/mol. The molecule has 0 radical (unpaired) electrons. The summed E-state index contributed by atoms with van der Waals surface area (Å²) in [5, 5.41) is 6.79. The van der Waals surface area contributed by atoms with E-state index in [1.54, 1.807) is 6.07 Å². The smallest absolute Gasteiger partial charge is 0.246 e. The third-order valence-electron chi connectivity index (χ3n) is 2.91. The van der Waals surface area contributed by atoms with Crippen molar-refractivity contribution in [3.8, 4) is 0 Å². The molecule has 1 heterocycles. The molecule has 1 aromatic rings. The van der Waals surface area contributed by atoms with Crippen molar-refractivity contribution in [3.63, 3.8) is 0 Å². The Balaban J connectivity index is 2.28. The molecule has 0 fully saturated rings. The zero-order chi connectivity index (χ0) is 11.7. The number of hydrogen-bond acceptors (Lipinski definition) is 2. The maximum absolute atomic E-state index is 11.8. The van der Waals surface area contributed by atoms with Crippen molar-refractivity contribution in [1.29, 1.82) is 0 Å². The first-order valence-electron chi connectivity index (χ1n) is 5.48. The summed E-state index contributed by atoms with van der Waals surface area (Å²) in [6.45, 7) is 4.15. The molecule has 1 aliphatic rings. The van der Waals surface area contributed by atoms with E-state index in [9.17, 15) is 4.79 Å². The molecular formula is C12H15ClN2O. The van der Waals surface area contributed by atoms with Crippen LogP contribution < -0.4 is 10.6 Å². The molecule has 1 aliphatic heterocycles. The predicted molar refractivity (Wildman–Crippen MR) is 65.7 cm³/mol. The molecule has 1 amide bonds. The fourth-order valence-electron chi connectivity index (χ4n) is 1.80. The highest BCUT2D eigenvalue weighted by molar-refractivity contribution is 6.31. The van der Waals surface area contributed by atoms with Gasteiger partial charge < -0.3 is 5.32 Å². The first-order valence-corrected chi connectivity index (χ1v) is 5.86. The number of amides is 1. The second kappa shape index (κ2) is 4.44. The Labute approximate surface area is 100 Å². The van der Waals surface area contributed by atoms with Crippen LogP contribution in [-0.4, -0.2) is 11.9 Å². The van der Waals surface area contributed by atoms with Crippen molar-refractivity contribution < 1.29 is 4.79 Å². The van der Waals surface area contributed by atoms with E-state index < -0.39 is 0 Å². The predicted octanol–water partition coefficient (Wildman–Crippen LogP) is 2.72. The number of anilines is 1. The normalized spacial score (nSPS) is 20.4. The number of rotatable bonds is 3. The second-order valence-electron chi connectivity index (χ2n) is 4.13. The number of hydrogen-bond donors (Lipinski definition) is 2. The quantitative estimate of drug-likeness (QED) is 0.850. The number of carbonyl (C=O) groups excluding carboxylic acids is 1. The van der Waals surface area contributed by atoms with Crippen LogP contribution in [0.2, 0.25) is 5.02 Å². The third kappa shape index (κ3) is 2.06. The molecule has 4 heteroatoms. The zero-order valence-electron chi connectivity index (χ0n) is 9.38. The summed E-state index contributed by atoms with van der Waals surface area (Å²) in [4.78, 5) is 11.8. The highest BCUT2D eigenvalue weighted by atomic mass is 35.5. The maximum atomic E-state index is 11.8. The van der Waals surface area contributed by atoms with Gasteiger partial charge in [0.25, 0.3) is 0 Å². The first kappa shape index (κ1) is 11.4. The number of fused-ring (bicyclic) bond motifs is 1. The van der Waals surface area contributed by atoms with Crippen molar-refractivity contribution in [2.45, 2.75) is 32.4 Å². The molecule has 2 atom stereocenters. The van der Waals surface area contributed by atoms with Crippen molar-refractivity contribution in [3.05, 3.63) is 28.8 Å². The Hall–Kier alpha value is -1.06. The Morgan fingerprint density at radius 2 is 2.31 bits per heavy atom. The summed E-state index contributed by atoms with van der Waals surface area (Å²) in [6, 6.07) is 5.50. The first-order chi connectivity index (χ1) is 7.61. The Bertz CT molecular complexity index is 419. The van der Waals surface area contributed by atoms with Gasteiger partial charge in [0.1, 0.15) is 6.04 Å². The monoisotopic (exact) mass is 238 g/mol. The number of nitrogens with one attached hydrogen (secondary N) is 2. The minimum Gasteiger partial charge on any atom is -0.324 e. The highest BCUT2D eigenvalue weighted by Crippen LogP contribution is 2.33. The Morgan fingerprint density at radius 3 is 3.00 bits per heavy atom. The molecule has 0 saturated carbocycles. The van der Waals surface area contributed by atoms with E-state index in [-0.39, 0.29) is 11.9 Å². The summed E-state index contributed by atoms with van der Waals surface area (Å²) in [6.07, 6.45) is 0.986. The van der Waals surface area contributed by atoms with Crippen molar-refractivity contribution in [2.24, 2.45) is 0 Å². The van der Waals surface area contributed by atoms with Crippen LogP contribution in [0.5, 0.6) is 0 Å². The lowest BCUT2D eigenvalue weighted by Gasteiger charge is -2.16. The van der Waals surface area contributed by atoms with Crippen LogP contribution in [0.4, 0.5) is 5.69 Å². The van der Waals surface area contributed by atoms with Gasteiger partial charge in [-0.3, -0.25) is 10.1 Å². The lowest BCUT2D eigenvalue weighted by Crippen LogP contribution is -2.34. The minimum atomic E-state index is -0.274. The second-order valence-corrected chi connectivity index (χ2v) is 4.57. The summed E-state index contributed by atoms with van der Waals surface area (Å²) >= 11 is 5.94. The summed E-state index contributed by atoms with van der Waals surface area (Å²) in [5.74, 6) is -0.00225. The SMILES string of the molecule is CCC(C)NC1C(=O)Nc2ccc(Cl)cc21. The molecule has 2 N–H and O–H groups in total. The minimum absolute atomic E-state index is 0.00225. The highest BCUT2D eigenvalue weighted by Gasteiger charge is 2.30. The molecule has 0 aliphatic carbocycles. The van der Waals surface area contributed by atoms with Gasteiger partial charge in [-0.15, -0.1) is 0 Å². The maximum Gasteiger partial charge on any atom is 0.246 e. The third-order valence-corrected chi connectivity index (χ3v) is 3.14. The Kier molecular flexibility index (Phi) is 3.17. The van der Waals surface area contributed by atoms with Crippen LogP contribution in [0, 0.1) is 0 Å². The van der Waals surface area contributed by atoms with E-state index in [1.165, 1.54) is 0 Å². The van der Waals surface area contributed by atoms with E-state index in [4.69, 9.17) is 11.6 Å². The molecule has 0 spiro atoms. The van der Waals surface area contributed by atoms with Gasteiger partial charge in [-0.1, -0.05) is 18.5 Å². The van der Waals surface area contributed by atoms with Crippen molar-refractivity contribution in [2.75, 3.05) is 5.32 Å². The number of carbonyl (C=O) groups is 1. The molecule has 1 aromatic carbocycles. The van der Waals surface area contributed by atoms with E-state index in [2.05, 4.69) is 24.5 Å². The van der Waals surface area contributed by atoms with E-state index >= 15 is 0 Å². The summed E-state index contributed by atoms with van der Waals surface area (Å²) in [5.41, 5.74) is 1.80. The van der Waals surface area contributed by atoms with Gasteiger partial charge in [0.15, 0.2) is 0 Å². The summed E-state index contributed by atoms with van der Waals surface area (Å²) < 4.78 is 0. The van der Waals surface area contributed by atoms with Crippen LogP contribution in [0.25, 0.3) is 0 Å². The van der Waals surface area contributed by atoms with Gasteiger partial charge in [-0.05, 0) is 31.5 Å². The molecule has 3 nitrogen and oxygen atoms in total. The molecule has 86 valence electrons. The van der Waals surface area contributed by atoms with E-state index in [0.717, 1.165) is 17.7 Å². The molecule has 2 rings (SSSR count). The molecule has 0 aromatic heterocycles. The van der Waals surface area contributed by atoms with Crippen LogP contribution in [0.1, 0.15) is 31.9 Å². The Morgan fingerprint density at radius 1 is 1.56 bits per heavy atom. The van der Waals surface area contributed by atoms with Crippen LogP contribution >= 0.6 is 11.6 Å². The fourth-order valence-corrected chi connectivity index (χ4v) is 1.98. The largest absolute Gasteiger partial charge is 0.324 e. The van der Waals surface area contributed by atoms with E-state index in [0.29, 0.717) is 11.1 Å². The van der Waals surface area contributed by atoms with Gasteiger partial charge in [0.2, 0.25) is 5.91 Å². The van der Waals surface area contributed by atoms with Gasteiger partial charge in [-0.2, -0.15) is 0 Å². The van der Waals surface area contributed by atoms with Gasteiger partial charge in [0, 0.05) is 22.3 Å². The van der Waals surface area contributed by atoms with Crippen LogP contribution in [0.3, 0.4) is 0 Å². The zero-order valence-corrected chi connectivity index (χ0v) is 10.1. The number of benzene rings is 1. The van der Waals surface area contributed by atoms with E-state index in [1.807, 2.05) is 12.1 Å². The fraction of sp³-hybridized carbons (Fsp3) is 0.417. The van der Waals surface area contributed by atoms with Crippen LogP contribution in [-0.2, 0) is 4.79 Å². The van der Waals surface area contributed by atoms with Crippen molar-refractivity contribution in [1.82, 2.24) is 5.32 Å².